The van der Waals surface area contributed by atoms with Crippen molar-refractivity contribution >= 4 is 46.7 Å². The highest BCUT2D eigenvalue weighted by Gasteiger charge is 2.20. The van der Waals surface area contributed by atoms with Crippen LogP contribution in [0.4, 0.5) is 0 Å². The van der Waals surface area contributed by atoms with E-state index in [9.17, 15) is 14.7 Å². The normalized spacial score (nSPS) is 10.3. The van der Waals surface area contributed by atoms with Gasteiger partial charge < -0.3 is 14.9 Å². The molecule has 0 atom stereocenters. The van der Waals surface area contributed by atoms with Gasteiger partial charge in [-0.1, -0.05) is 34.8 Å². The molecule has 0 amide bonds. The first-order valence-electron chi connectivity index (χ1n) is 5.72. The van der Waals surface area contributed by atoms with Crippen molar-refractivity contribution < 1.29 is 24.5 Å². The Hall–Kier alpha value is -1.95. The molecule has 0 aliphatic heterocycles. The fourth-order valence-electron chi connectivity index (χ4n) is 1.63. The van der Waals surface area contributed by atoms with Crippen LogP contribution in [0.3, 0.4) is 0 Å². The highest BCUT2D eigenvalue weighted by Crippen LogP contribution is 2.32. The number of hydrogen-bond donors (Lipinski definition) is 2. The lowest BCUT2D eigenvalue weighted by Gasteiger charge is -2.10. The number of hydrogen-bond acceptors (Lipinski definition) is 4. The number of benzene rings is 2. The number of carbonyl (C=O) groups excluding carboxylic acids is 1. The van der Waals surface area contributed by atoms with Crippen LogP contribution in [0.15, 0.2) is 30.3 Å². The topological polar surface area (TPSA) is 83.8 Å². The molecular formula is C14H7Cl3O5. The molecule has 8 heteroatoms. The highest BCUT2D eigenvalue weighted by atomic mass is 35.5. The average Bonchev–Trinajstić information content (AvgIpc) is 2.44. The first-order valence-corrected chi connectivity index (χ1v) is 6.86. The van der Waals surface area contributed by atoms with Gasteiger partial charge in [-0.3, -0.25) is 0 Å². The lowest BCUT2D eigenvalue weighted by molar-refractivity contribution is 0.0681. The lowest BCUT2D eigenvalue weighted by Crippen LogP contribution is -2.12. The number of ether oxygens (including phenoxy) is 1. The third-order valence-electron chi connectivity index (χ3n) is 2.62. The summed E-state index contributed by atoms with van der Waals surface area (Å²) in [6, 6.07) is 6.13. The number of halogens is 3. The number of rotatable bonds is 3. The number of carboxylic acids is 1. The molecule has 2 rings (SSSR count). The molecule has 0 unspecified atom stereocenters. The van der Waals surface area contributed by atoms with E-state index in [1.807, 2.05) is 0 Å². The highest BCUT2D eigenvalue weighted by molar-refractivity contribution is 6.36. The zero-order valence-corrected chi connectivity index (χ0v) is 12.9. The van der Waals surface area contributed by atoms with Crippen molar-refractivity contribution in [2.45, 2.75) is 0 Å². The Labute approximate surface area is 139 Å². The predicted molar refractivity (Wildman–Crippen MR) is 81.5 cm³/mol. The number of aromatic hydroxyl groups is 1. The van der Waals surface area contributed by atoms with Gasteiger partial charge in [0.2, 0.25) is 0 Å². The van der Waals surface area contributed by atoms with Gasteiger partial charge in [0.15, 0.2) is 0 Å². The maximum absolute atomic E-state index is 12.1. The zero-order chi connectivity index (χ0) is 16.4. The molecule has 0 fully saturated rings. The van der Waals surface area contributed by atoms with Crippen molar-refractivity contribution in [2.75, 3.05) is 0 Å². The second-order valence-electron chi connectivity index (χ2n) is 4.12. The molecule has 0 aliphatic rings. The van der Waals surface area contributed by atoms with Crippen LogP contribution in [0.2, 0.25) is 15.1 Å². The van der Waals surface area contributed by atoms with Crippen LogP contribution in [-0.4, -0.2) is 22.2 Å². The number of aromatic carboxylic acids is 1. The summed E-state index contributed by atoms with van der Waals surface area (Å²) in [5.74, 6) is -3.07. The van der Waals surface area contributed by atoms with Crippen molar-refractivity contribution in [1.29, 1.82) is 0 Å². The van der Waals surface area contributed by atoms with E-state index in [1.165, 1.54) is 18.2 Å². The number of carboxylic acid groups (broad SMARTS) is 1. The molecule has 0 bridgehead atoms. The van der Waals surface area contributed by atoms with Gasteiger partial charge in [-0.2, -0.15) is 0 Å². The van der Waals surface area contributed by atoms with Gasteiger partial charge in [-0.25, -0.2) is 9.59 Å². The van der Waals surface area contributed by atoms with Crippen molar-refractivity contribution in [3.05, 3.63) is 56.5 Å². The van der Waals surface area contributed by atoms with E-state index in [2.05, 4.69) is 0 Å². The second kappa shape index (κ2) is 6.44. The van der Waals surface area contributed by atoms with Gasteiger partial charge in [0.05, 0.1) is 5.02 Å². The number of esters is 1. The van der Waals surface area contributed by atoms with Crippen LogP contribution < -0.4 is 4.74 Å². The largest absolute Gasteiger partial charge is 0.505 e. The predicted octanol–water partition coefficient (Wildman–Crippen LogP) is 4.27. The molecule has 0 heterocycles. The summed E-state index contributed by atoms with van der Waals surface area (Å²) < 4.78 is 4.98. The van der Waals surface area contributed by atoms with Crippen LogP contribution in [0.25, 0.3) is 0 Å². The molecular weight excluding hydrogens is 355 g/mol. The monoisotopic (exact) mass is 360 g/mol. The number of phenols is 1. The van der Waals surface area contributed by atoms with Crippen LogP contribution in [0, 0.1) is 0 Å². The van der Waals surface area contributed by atoms with Crippen LogP contribution >= 0.6 is 34.8 Å². The van der Waals surface area contributed by atoms with Gasteiger partial charge in [0.1, 0.15) is 22.6 Å². The molecule has 2 N–H and O–H groups in total. The SMILES string of the molecule is O=C(O)c1cc(Cl)ccc1OC(=O)c1cc(Cl)cc(Cl)c1O. The molecule has 2 aromatic carbocycles. The third kappa shape index (κ3) is 3.44. The van der Waals surface area contributed by atoms with Crippen LogP contribution in [0.5, 0.6) is 11.5 Å². The van der Waals surface area contributed by atoms with Gasteiger partial charge >= 0.3 is 11.9 Å². The van der Waals surface area contributed by atoms with Crippen molar-refractivity contribution in [1.82, 2.24) is 0 Å². The summed E-state index contributed by atoms with van der Waals surface area (Å²) in [5.41, 5.74) is -0.586. The smallest absolute Gasteiger partial charge is 0.347 e. The average molecular weight is 362 g/mol. The summed E-state index contributed by atoms with van der Waals surface area (Å²) in [6.07, 6.45) is 0. The van der Waals surface area contributed by atoms with E-state index in [4.69, 9.17) is 44.6 Å². The third-order valence-corrected chi connectivity index (χ3v) is 3.36. The van der Waals surface area contributed by atoms with Gasteiger partial charge in [-0.05, 0) is 30.3 Å². The van der Waals surface area contributed by atoms with E-state index < -0.39 is 17.7 Å². The van der Waals surface area contributed by atoms with Crippen molar-refractivity contribution in [3.63, 3.8) is 0 Å². The molecule has 5 nitrogen and oxygen atoms in total. The minimum atomic E-state index is -1.32. The van der Waals surface area contributed by atoms with E-state index in [-0.39, 0.29) is 31.9 Å². The Morgan fingerprint density at radius 2 is 1.59 bits per heavy atom. The van der Waals surface area contributed by atoms with Crippen LogP contribution in [0.1, 0.15) is 20.7 Å². The molecule has 0 aromatic heterocycles. The molecule has 114 valence electrons. The van der Waals surface area contributed by atoms with Gasteiger partial charge in [-0.15, -0.1) is 0 Å². The molecule has 0 spiro atoms. The van der Waals surface area contributed by atoms with E-state index >= 15 is 0 Å². The summed E-state index contributed by atoms with van der Waals surface area (Å²) in [6.45, 7) is 0. The summed E-state index contributed by atoms with van der Waals surface area (Å²) >= 11 is 17.2. The van der Waals surface area contributed by atoms with Crippen LogP contribution in [-0.2, 0) is 0 Å². The minimum absolute atomic E-state index is 0.115. The first-order chi connectivity index (χ1) is 10.3. The zero-order valence-electron chi connectivity index (χ0n) is 10.6. The minimum Gasteiger partial charge on any atom is -0.505 e. The second-order valence-corrected chi connectivity index (χ2v) is 5.40. The molecule has 0 saturated heterocycles. The Morgan fingerprint density at radius 1 is 0.955 bits per heavy atom. The Morgan fingerprint density at radius 3 is 2.23 bits per heavy atom. The van der Waals surface area contributed by atoms with Gasteiger partial charge in [0, 0.05) is 10.0 Å². The number of phenolic OH excluding ortho intramolecular Hbond substituents is 1. The fourth-order valence-corrected chi connectivity index (χ4v) is 2.30. The standard InChI is InChI=1S/C14H7Cl3O5/c15-6-1-2-11(8(3-6)13(19)20)22-14(21)9-4-7(16)5-10(17)12(9)18/h1-5,18H,(H,19,20). The fraction of sp³-hybridized carbons (Fsp3) is 0. The van der Waals surface area contributed by atoms with Crippen molar-refractivity contribution in [3.8, 4) is 11.5 Å². The maximum atomic E-state index is 12.1. The Balaban J connectivity index is 2.40. The van der Waals surface area contributed by atoms with E-state index in [0.717, 1.165) is 12.1 Å². The molecule has 0 radical (unpaired) electrons. The van der Waals surface area contributed by atoms with Gasteiger partial charge in [0.25, 0.3) is 0 Å². The summed E-state index contributed by atoms with van der Waals surface area (Å²) in [5, 5.41) is 19.0. The van der Waals surface area contributed by atoms with E-state index in [1.54, 1.807) is 0 Å². The molecule has 2 aromatic rings. The molecule has 0 saturated carbocycles. The molecule has 0 aliphatic carbocycles. The Bertz CT molecular complexity index is 773. The summed E-state index contributed by atoms with van der Waals surface area (Å²) in [7, 11) is 0. The Kier molecular flexibility index (Phi) is 4.81. The quantitative estimate of drug-likeness (QED) is 0.630. The number of carbonyl (C=O) groups is 2. The lowest BCUT2D eigenvalue weighted by atomic mass is 10.2. The first kappa shape index (κ1) is 16.4. The summed E-state index contributed by atoms with van der Waals surface area (Å²) in [4.78, 5) is 23.2. The maximum Gasteiger partial charge on any atom is 0.347 e. The van der Waals surface area contributed by atoms with E-state index in [0.29, 0.717) is 0 Å². The molecule has 22 heavy (non-hydrogen) atoms. The van der Waals surface area contributed by atoms with Crippen molar-refractivity contribution in [2.24, 2.45) is 0 Å².